The molecule has 26 heavy (non-hydrogen) atoms. The molecule has 2 heterocycles. The highest BCUT2D eigenvalue weighted by Crippen LogP contribution is 2.18. The summed E-state index contributed by atoms with van der Waals surface area (Å²) in [5.41, 5.74) is 2.00. The maximum Gasteiger partial charge on any atom is 0.407 e. The van der Waals surface area contributed by atoms with Crippen LogP contribution in [0.25, 0.3) is 11.0 Å². The number of ether oxygens (including phenoxy) is 1. The predicted octanol–water partition coefficient (Wildman–Crippen LogP) is 2.23. The Hall–Kier alpha value is -3.16. The molecule has 2 aromatic heterocycles. The van der Waals surface area contributed by atoms with Crippen LogP contribution in [0.5, 0.6) is 0 Å². The first kappa shape index (κ1) is 17.7. The fourth-order valence-electron chi connectivity index (χ4n) is 2.61. The summed E-state index contributed by atoms with van der Waals surface area (Å²) < 4.78 is 6.58. The van der Waals surface area contributed by atoms with Crippen molar-refractivity contribution in [3.8, 4) is 0 Å². The summed E-state index contributed by atoms with van der Waals surface area (Å²) in [5, 5.41) is 11.2. The molecule has 0 aliphatic heterocycles. The topological polar surface area (TPSA) is 94.0 Å². The molecule has 0 aliphatic rings. The highest BCUT2D eigenvalue weighted by molar-refractivity contribution is 5.86. The molecule has 1 aromatic carbocycles. The van der Waals surface area contributed by atoms with E-state index >= 15 is 0 Å². The molecule has 8 nitrogen and oxygen atoms in total. The molecule has 0 saturated carbocycles. The van der Waals surface area contributed by atoms with Crippen molar-refractivity contribution in [2.75, 3.05) is 25.0 Å². The van der Waals surface area contributed by atoms with Gasteiger partial charge in [0, 0.05) is 13.1 Å². The average Bonchev–Trinajstić information content (AvgIpc) is 3.07. The van der Waals surface area contributed by atoms with Crippen LogP contribution in [0.1, 0.15) is 12.5 Å². The Balaban J connectivity index is 1.60. The number of benzene rings is 1. The van der Waals surface area contributed by atoms with Gasteiger partial charge in [0.1, 0.15) is 12.1 Å². The van der Waals surface area contributed by atoms with E-state index in [0.29, 0.717) is 19.7 Å². The van der Waals surface area contributed by atoms with Gasteiger partial charge in [-0.1, -0.05) is 30.3 Å². The Bertz CT molecular complexity index is 849. The monoisotopic (exact) mass is 354 g/mol. The Morgan fingerprint density at radius 3 is 2.85 bits per heavy atom. The van der Waals surface area contributed by atoms with Crippen LogP contribution in [0.3, 0.4) is 0 Å². The van der Waals surface area contributed by atoms with Crippen LogP contribution in [0, 0.1) is 0 Å². The molecule has 2 N–H and O–H groups in total. The number of carbonyl (C=O) groups is 1. The fraction of sp³-hybridized carbons (Fsp3) is 0.333. The highest BCUT2D eigenvalue weighted by Gasteiger charge is 2.10. The van der Waals surface area contributed by atoms with Crippen molar-refractivity contribution in [1.82, 2.24) is 25.1 Å². The van der Waals surface area contributed by atoms with Crippen molar-refractivity contribution in [3.63, 3.8) is 0 Å². The van der Waals surface area contributed by atoms with Gasteiger partial charge in [0.2, 0.25) is 0 Å². The van der Waals surface area contributed by atoms with Crippen molar-refractivity contribution in [2.24, 2.45) is 0 Å². The smallest absolute Gasteiger partial charge is 0.407 e. The molecule has 0 aliphatic carbocycles. The molecule has 0 saturated heterocycles. The molecule has 136 valence electrons. The lowest BCUT2D eigenvalue weighted by Crippen LogP contribution is -2.28. The third kappa shape index (κ3) is 4.47. The minimum Gasteiger partial charge on any atom is -0.450 e. The quantitative estimate of drug-likeness (QED) is 0.644. The van der Waals surface area contributed by atoms with E-state index in [1.807, 2.05) is 18.2 Å². The lowest BCUT2D eigenvalue weighted by molar-refractivity contribution is 0.152. The SMILES string of the molecule is CCOC(=O)NCCn1ncc2c(NCCc3ccccc3)ncnc21. The number of amides is 1. The minimum absolute atomic E-state index is 0.349. The molecule has 0 unspecified atom stereocenters. The van der Waals surface area contributed by atoms with Crippen molar-refractivity contribution in [1.29, 1.82) is 0 Å². The van der Waals surface area contributed by atoms with Crippen LogP contribution in [0.4, 0.5) is 10.6 Å². The van der Waals surface area contributed by atoms with Gasteiger partial charge in [-0.15, -0.1) is 0 Å². The van der Waals surface area contributed by atoms with Gasteiger partial charge in [-0.05, 0) is 18.9 Å². The van der Waals surface area contributed by atoms with Crippen LogP contribution in [0.15, 0.2) is 42.9 Å². The summed E-state index contributed by atoms with van der Waals surface area (Å²) >= 11 is 0. The Morgan fingerprint density at radius 1 is 1.19 bits per heavy atom. The molecule has 0 bridgehead atoms. The molecule has 1 amide bonds. The molecule has 0 radical (unpaired) electrons. The van der Waals surface area contributed by atoms with E-state index in [0.717, 1.165) is 29.8 Å². The molecular formula is C18H22N6O2. The van der Waals surface area contributed by atoms with Crippen molar-refractivity contribution < 1.29 is 9.53 Å². The van der Waals surface area contributed by atoms with Crippen LogP contribution in [-0.4, -0.2) is 45.5 Å². The Labute approximate surface area is 151 Å². The van der Waals surface area contributed by atoms with Gasteiger partial charge in [0.15, 0.2) is 5.65 Å². The summed E-state index contributed by atoms with van der Waals surface area (Å²) in [7, 11) is 0. The molecule has 0 fully saturated rings. The first-order valence-corrected chi connectivity index (χ1v) is 8.63. The van der Waals surface area contributed by atoms with Gasteiger partial charge in [0.25, 0.3) is 0 Å². The van der Waals surface area contributed by atoms with E-state index in [1.54, 1.807) is 17.8 Å². The lowest BCUT2D eigenvalue weighted by Gasteiger charge is -2.08. The summed E-state index contributed by atoms with van der Waals surface area (Å²) in [6, 6.07) is 10.3. The molecule has 3 rings (SSSR count). The molecule has 0 atom stereocenters. The number of alkyl carbamates (subject to hydrolysis) is 1. The zero-order valence-electron chi connectivity index (χ0n) is 14.7. The average molecular weight is 354 g/mol. The number of anilines is 1. The van der Waals surface area contributed by atoms with Crippen LogP contribution >= 0.6 is 0 Å². The number of hydrogen-bond acceptors (Lipinski definition) is 6. The lowest BCUT2D eigenvalue weighted by atomic mass is 10.1. The zero-order chi connectivity index (χ0) is 18.2. The van der Waals surface area contributed by atoms with E-state index in [4.69, 9.17) is 4.74 Å². The highest BCUT2D eigenvalue weighted by atomic mass is 16.5. The molecule has 8 heteroatoms. The van der Waals surface area contributed by atoms with Crippen LogP contribution in [-0.2, 0) is 17.7 Å². The second-order valence-corrected chi connectivity index (χ2v) is 5.64. The normalized spacial score (nSPS) is 10.7. The summed E-state index contributed by atoms with van der Waals surface area (Å²) in [4.78, 5) is 20.0. The number of rotatable bonds is 8. The van der Waals surface area contributed by atoms with Crippen molar-refractivity contribution in [3.05, 3.63) is 48.4 Å². The number of carbonyl (C=O) groups excluding carboxylic acids is 1. The number of hydrogen-bond donors (Lipinski definition) is 2. The summed E-state index contributed by atoms with van der Waals surface area (Å²) in [5.74, 6) is 0.760. The van der Waals surface area contributed by atoms with E-state index < -0.39 is 6.09 Å². The van der Waals surface area contributed by atoms with Gasteiger partial charge >= 0.3 is 6.09 Å². The first-order valence-electron chi connectivity index (χ1n) is 8.63. The summed E-state index contributed by atoms with van der Waals surface area (Å²) in [6.07, 6.45) is 3.74. The third-order valence-corrected chi connectivity index (χ3v) is 3.85. The fourth-order valence-corrected chi connectivity index (χ4v) is 2.61. The van der Waals surface area contributed by atoms with E-state index in [9.17, 15) is 4.79 Å². The van der Waals surface area contributed by atoms with Gasteiger partial charge in [-0.25, -0.2) is 19.4 Å². The number of fused-ring (bicyclic) bond motifs is 1. The summed E-state index contributed by atoms with van der Waals surface area (Å²) in [6.45, 7) is 3.80. The van der Waals surface area contributed by atoms with Crippen LogP contribution < -0.4 is 10.6 Å². The maximum atomic E-state index is 11.3. The number of nitrogens with zero attached hydrogens (tertiary/aromatic N) is 4. The predicted molar refractivity (Wildman–Crippen MR) is 99.0 cm³/mol. The van der Waals surface area contributed by atoms with Gasteiger partial charge in [-0.2, -0.15) is 5.10 Å². The van der Waals surface area contributed by atoms with Crippen molar-refractivity contribution >= 4 is 22.9 Å². The van der Waals surface area contributed by atoms with E-state index in [-0.39, 0.29) is 0 Å². The van der Waals surface area contributed by atoms with E-state index in [1.165, 1.54) is 11.9 Å². The maximum absolute atomic E-state index is 11.3. The number of aromatic nitrogens is 4. The van der Waals surface area contributed by atoms with E-state index in [2.05, 4.69) is 37.8 Å². The minimum atomic E-state index is -0.429. The van der Waals surface area contributed by atoms with Crippen molar-refractivity contribution in [2.45, 2.75) is 19.9 Å². The number of nitrogens with one attached hydrogen (secondary N) is 2. The second-order valence-electron chi connectivity index (χ2n) is 5.64. The second kappa shape index (κ2) is 8.80. The van der Waals surface area contributed by atoms with Gasteiger partial charge in [-0.3, -0.25) is 0 Å². The van der Waals surface area contributed by atoms with Gasteiger partial charge in [0.05, 0.1) is 24.7 Å². The Morgan fingerprint density at radius 2 is 2.04 bits per heavy atom. The third-order valence-electron chi connectivity index (χ3n) is 3.85. The van der Waals surface area contributed by atoms with Crippen LogP contribution in [0.2, 0.25) is 0 Å². The molecule has 3 aromatic rings. The molecular weight excluding hydrogens is 332 g/mol. The zero-order valence-corrected chi connectivity index (χ0v) is 14.7. The first-order chi connectivity index (χ1) is 12.8. The molecule has 0 spiro atoms. The standard InChI is InChI=1S/C18H22N6O2/c1-2-26-18(25)20-10-11-24-17-15(12-23-24)16(21-13-22-17)19-9-8-14-6-4-3-5-7-14/h3-7,12-13H,2,8-11H2,1H3,(H,20,25)(H,19,21,22). The van der Waals surface area contributed by atoms with Gasteiger partial charge < -0.3 is 15.4 Å². The Kier molecular flexibility index (Phi) is 5.97. The largest absolute Gasteiger partial charge is 0.450 e.